The van der Waals surface area contributed by atoms with Gasteiger partial charge in [-0.05, 0) is 57.8 Å². The van der Waals surface area contributed by atoms with Crippen LogP contribution in [0, 0.1) is 0 Å². The number of aromatic nitrogens is 4. The van der Waals surface area contributed by atoms with Crippen LogP contribution in [-0.2, 0) is 23.5 Å². The van der Waals surface area contributed by atoms with Gasteiger partial charge in [-0.3, -0.25) is 9.48 Å². The maximum absolute atomic E-state index is 13.5. The highest BCUT2D eigenvalue weighted by Crippen LogP contribution is 2.35. The molecule has 0 radical (unpaired) electrons. The minimum atomic E-state index is -3.91. The van der Waals surface area contributed by atoms with Crippen molar-refractivity contribution in [1.29, 1.82) is 0 Å². The van der Waals surface area contributed by atoms with Gasteiger partial charge in [0.25, 0.3) is 5.56 Å². The molecule has 3 aromatic rings. The highest BCUT2D eigenvalue weighted by Gasteiger charge is 2.27. The van der Waals surface area contributed by atoms with Gasteiger partial charge in [-0.1, -0.05) is 26.3 Å². The summed E-state index contributed by atoms with van der Waals surface area (Å²) in [5, 5.41) is 4.47. The lowest BCUT2D eigenvalue weighted by Crippen LogP contribution is -2.32. The molecule has 4 rings (SSSR count). The van der Waals surface area contributed by atoms with Gasteiger partial charge in [0.05, 0.1) is 22.8 Å². The topological polar surface area (TPSA) is 122 Å². The summed E-state index contributed by atoms with van der Waals surface area (Å²) in [6.07, 6.45) is 5.17. The first-order valence-electron chi connectivity index (χ1n) is 12.7. The van der Waals surface area contributed by atoms with Crippen molar-refractivity contribution in [2.45, 2.75) is 63.3 Å². The molecule has 0 aliphatic carbocycles. The lowest BCUT2D eigenvalue weighted by Gasteiger charge is -2.20. The van der Waals surface area contributed by atoms with E-state index in [0.717, 1.165) is 38.6 Å². The molecule has 11 heteroatoms. The first-order chi connectivity index (χ1) is 17.3. The number of nitrogens with one attached hydrogen (secondary N) is 2. The second-order valence-corrected chi connectivity index (χ2v) is 11.1. The number of rotatable bonds is 11. The Bertz CT molecular complexity index is 1380. The number of ether oxygens (including phenoxy) is 1. The first kappa shape index (κ1) is 26.3. The number of nitrogens with zero attached hydrogens (tertiary/aromatic N) is 4. The molecule has 1 fully saturated rings. The highest BCUT2D eigenvalue weighted by molar-refractivity contribution is 7.89. The van der Waals surface area contributed by atoms with E-state index in [-0.39, 0.29) is 21.8 Å². The average molecular weight is 517 g/mol. The molecule has 36 heavy (non-hydrogen) atoms. The predicted molar refractivity (Wildman–Crippen MR) is 140 cm³/mol. The summed E-state index contributed by atoms with van der Waals surface area (Å²) in [6.45, 7) is 5.76. The first-order valence-corrected chi connectivity index (χ1v) is 14.2. The van der Waals surface area contributed by atoms with Crippen LogP contribution in [0.3, 0.4) is 0 Å². The van der Waals surface area contributed by atoms with E-state index in [0.29, 0.717) is 48.1 Å². The zero-order chi connectivity index (χ0) is 25.9. The Balaban J connectivity index is 1.78. The molecule has 1 unspecified atom stereocenters. The summed E-state index contributed by atoms with van der Waals surface area (Å²) in [5.41, 5.74) is 1.42. The Morgan fingerprint density at radius 3 is 2.72 bits per heavy atom. The van der Waals surface area contributed by atoms with Crippen molar-refractivity contribution in [3.05, 3.63) is 34.2 Å². The second-order valence-electron chi connectivity index (χ2n) is 9.37. The number of H-pyrrole nitrogens is 1. The lowest BCUT2D eigenvalue weighted by molar-refractivity contribution is 0.297. The van der Waals surface area contributed by atoms with Crippen molar-refractivity contribution < 1.29 is 13.2 Å². The number of likely N-dealkylation sites (tertiary alicyclic amines) is 1. The van der Waals surface area contributed by atoms with Gasteiger partial charge in [-0.15, -0.1) is 0 Å². The number of hydrogen-bond acceptors (Lipinski definition) is 7. The Labute approximate surface area is 212 Å². The fourth-order valence-electron chi connectivity index (χ4n) is 4.85. The van der Waals surface area contributed by atoms with Gasteiger partial charge >= 0.3 is 0 Å². The van der Waals surface area contributed by atoms with Crippen molar-refractivity contribution in [2.24, 2.45) is 7.05 Å². The molecule has 0 amide bonds. The van der Waals surface area contributed by atoms with Crippen molar-refractivity contribution in [1.82, 2.24) is 29.4 Å². The number of fused-ring (bicyclic) bond motifs is 1. The number of sulfonamides is 1. The summed E-state index contributed by atoms with van der Waals surface area (Å²) >= 11 is 0. The lowest BCUT2D eigenvalue weighted by atomic mass is 10.1. The molecule has 0 spiro atoms. The summed E-state index contributed by atoms with van der Waals surface area (Å²) in [5.74, 6) is 0.513. The Morgan fingerprint density at radius 2 is 2.03 bits per heavy atom. The van der Waals surface area contributed by atoms with Gasteiger partial charge in [-0.25, -0.2) is 18.1 Å². The van der Waals surface area contributed by atoms with E-state index in [9.17, 15) is 13.2 Å². The molecule has 3 heterocycles. The normalized spacial score (nSPS) is 16.7. The monoisotopic (exact) mass is 516 g/mol. The second kappa shape index (κ2) is 11.1. The van der Waals surface area contributed by atoms with Crippen LogP contribution < -0.4 is 15.0 Å². The van der Waals surface area contributed by atoms with E-state index in [2.05, 4.69) is 26.8 Å². The average Bonchev–Trinajstić information content (AvgIpc) is 3.40. The summed E-state index contributed by atoms with van der Waals surface area (Å²) in [4.78, 5) is 22.9. The van der Waals surface area contributed by atoms with Gasteiger partial charge < -0.3 is 14.6 Å². The van der Waals surface area contributed by atoms with Crippen LogP contribution in [-0.4, -0.2) is 65.9 Å². The van der Waals surface area contributed by atoms with Crippen LogP contribution in [0.5, 0.6) is 5.75 Å². The Morgan fingerprint density at radius 1 is 1.22 bits per heavy atom. The molecule has 10 nitrogen and oxygen atoms in total. The summed E-state index contributed by atoms with van der Waals surface area (Å²) < 4.78 is 37.2. The molecule has 2 N–H and O–H groups in total. The van der Waals surface area contributed by atoms with E-state index in [4.69, 9.17) is 9.72 Å². The van der Waals surface area contributed by atoms with Crippen LogP contribution >= 0.6 is 0 Å². The molecular formula is C25H36N6O4S. The zero-order valence-electron chi connectivity index (χ0n) is 21.5. The van der Waals surface area contributed by atoms with E-state index in [1.54, 1.807) is 19.2 Å². The minimum absolute atomic E-state index is 0.0271. The largest absolute Gasteiger partial charge is 0.493 e. The molecule has 2 aromatic heterocycles. The molecule has 196 valence electrons. The molecule has 1 atom stereocenters. The van der Waals surface area contributed by atoms with Crippen LogP contribution in [0.1, 0.15) is 51.6 Å². The number of aromatic amines is 1. The van der Waals surface area contributed by atoms with Gasteiger partial charge in [0.1, 0.15) is 17.1 Å². The van der Waals surface area contributed by atoms with Gasteiger partial charge in [0.2, 0.25) is 10.0 Å². The van der Waals surface area contributed by atoms with Gasteiger partial charge in [0.15, 0.2) is 5.52 Å². The number of hydrogen-bond donors (Lipinski definition) is 2. The molecule has 1 aromatic carbocycles. The van der Waals surface area contributed by atoms with E-state index >= 15 is 0 Å². The van der Waals surface area contributed by atoms with Gasteiger partial charge in [-0.2, -0.15) is 5.10 Å². The van der Waals surface area contributed by atoms with E-state index < -0.39 is 10.0 Å². The molecule has 0 bridgehead atoms. The summed E-state index contributed by atoms with van der Waals surface area (Å²) in [7, 11) is -0.130. The van der Waals surface area contributed by atoms with Crippen LogP contribution in [0.4, 0.5) is 0 Å². The predicted octanol–water partition coefficient (Wildman–Crippen LogP) is 2.83. The third-order valence-corrected chi connectivity index (χ3v) is 8.17. The third-order valence-electron chi connectivity index (χ3n) is 6.67. The Kier molecular flexibility index (Phi) is 8.11. The van der Waals surface area contributed by atoms with E-state index in [1.165, 1.54) is 10.7 Å². The fourth-order valence-corrected chi connectivity index (χ4v) is 6.12. The molecule has 0 saturated carbocycles. The van der Waals surface area contributed by atoms with Crippen LogP contribution in [0.15, 0.2) is 27.9 Å². The van der Waals surface area contributed by atoms with Crippen molar-refractivity contribution in [2.75, 3.05) is 26.7 Å². The molecule has 1 aliphatic rings. The van der Waals surface area contributed by atoms with Crippen LogP contribution in [0.25, 0.3) is 22.4 Å². The van der Waals surface area contributed by atoms with Crippen molar-refractivity contribution in [3.8, 4) is 17.1 Å². The molecular weight excluding hydrogens is 480 g/mol. The minimum Gasteiger partial charge on any atom is -0.493 e. The maximum Gasteiger partial charge on any atom is 0.277 e. The maximum atomic E-state index is 13.5. The quantitative estimate of drug-likeness (QED) is 0.402. The standard InChI is InChI=1S/C25H36N6O4S/c1-5-9-18-22-23(31(4)29-18)25(32)28-24(27-22)21-19(35-16-6-2)11-7-12-20(21)36(33,34)26-14-13-17-10-8-15-30(17)3/h7,11-12,17,26H,5-6,8-10,13-16H2,1-4H3,(H,27,28,32). The summed E-state index contributed by atoms with van der Waals surface area (Å²) in [6, 6.07) is 5.25. The van der Waals surface area contributed by atoms with Crippen LogP contribution in [0.2, 0.25) is 0 Å². The molecule has 1 saturated heterocycles. The van der Waals surface area contributed by atoms with E-state index in [1.807, 2.05) is 13.8 Å². The molecule has 1 aliphatic heterocycles. The van der Waals surface area contributed by atoms with Crippen molar-refractivity contribution >= 4 is 21.1 Å². The zero-order valence-corrected chi connectivity index (χ0v) is 22.3. The SMILES string of the molecule is CCCOc1cccc(S(=O)(=O)NCCC2CCCN2C)c1-c1nc2c(CCC)nn(C)c2c(=O)[nH]1. The smallest absolute Gasteiger partial charge is 0.277 e. The Hall–Kier alpha value is -2.76. The number of aryl methyl sites for hydroxylation is 2. The van der Waals surface area contributed by atoms with Crippen molar-refractivity contribution in [3.63, 3.8) is 0 Å². The highest BCUT2D eigenvalue weighted by atomic mass is 32.2. The fraction of sp³-hybridized carbons (Fsp3) is 0.560. The van der Waals surface area contributed by atoms with Gasteiger partial charge in [0, 0.05) is 19.6 Å². The third kappa shape index (κ3) is 5.33. The number of benzene rings is 1.